The van der Waals surface area contributed by atoms with Gasteiger partial charge in [-0.15, -0.1) is 24.0 Å². The maximum atomic E-state index is 6.13. The van der Waals surface area contributed by atoms with Gasteiger partial charge in [0.25, 0.3) is 0 Å². The van der Waals surface area contributed by atoms with Crippen molar-refractivity contribution in [1.29, 1.82) is 0 Å². The lowest BCUT2D eigenvalue weighted by Gasteiger charge is -2.35. The molecule has 1 aromatic rings. The summed E-state index contributed by atoms with van der Waals surface area (Å²) < 4.78 is 0. The van der Waals surface area contributed by atoms with E-state index >= 15 is 0 Å². The molecule has 0 saturated carbocycles. The molecule has 0 spiro atoms. The summed E-state index contributed by atoms with van der Waals surface area (Å²) in [6.45, 7) is 4.39. The first-order valence-corrected chi connectivity index (χ1v) is 8.56. The summed E-state index contributed by atoms with van der Waals surface area (Å²) in [5.41, 5.74) is 6.13. The Morgan fingerprint density at radius 2 is 2.00 bits per heavy atom. The van der Waals surface area contributed by atoms with Gasteiger partial charge in [-0.05, 0) is 24.7 Å². The number of piperazine rings is 1. The van der Waals surface area contributed by atoms with Crippen molar-refractivity contribution in [3.05, 3.63) is 18.5 Å². The van der Waals surface area contributed by atoms with E-state index in [2.05, 4.69) is 24.8 Å². The predicted molar refractivity (Wildman–Crippen MR) is 103 cm³/mol. The molecule has 2 aliphatic heterocycles. The molecule has 0 amide bonds. The molecule has 3 rings (SSSR count). The Morgan fingerprint density at radius 3 is 2.64 bits per heavy atom. The van der Waals surface area contributed by atoms with Crippen LogP contribution < -0.4 is 10.6 Å². The van der Waals surface area contributed by atoms with Crippen LogP contribution in [-0.4, -0.2) is 64.6 Å². The lowest BCUT2D eigenvalue weighted by Crippen LogP contribution is -2.51. The van der Waals surface area contributed by atoms with Crippen LogP contribution in [0.4, 0.5) is 5.95 Å². The van der Waals surface area contributed by atoms with Crippen LogP contribution in [0.5, 0.6) is 0 Å². The van der Waals surface area contributed by atoms with Gasteiger partial charge in [-0.1, -0.05) is 0 Å². The Hall–Kier alpha value is -0.770. The lowest BCUT2D eigenvalue weighted by atomic mass is 10.2. The Kier molecular flexibility index (Phi) is 7.00. The molecule has 6 nitrogen and oxygen atoms in total. The third-order valence-corrected chi connectivity index (χ3v) is 5.30. The van der Waals surface area contributed by atoms with Crippen LogP contribution in [0.25, 0.3) is 0 Å². The Labute approximate surface area is 153 Å². The van der Waals surface area contributed by atoms with Gasteiger partial charge in [0.2, 0.25) is 5.95 Å². The first-order chi connectivity index (χ1) is 10.3. The van der Waals surface area contributed by atoms with E-state index in [1.807, 2.05) is 17.8 Å². The fourth-order valence-corrected chi connectivity index (χ4v) is 3.85. The number of rotatable bonds is 3. The first-order valence-electron chi connectivity index (χ1n) is 7.51. The minimum Gasteiger partial charge on any atom is -0.370 e. The molecule has 122 valence electrons. The third-order valence-electron chi connectivity index (χ3n) is 3.92. The first kappa shape index (κ1) is 17.6. The number of aliphatic imine (C=N–C) groups is 1. The van der Waals surface area contributed by atoms with Gasteiger partial charge in [-0.3, -0.25) is 4.99 Å². The average Bonchev–Trinajstić information content (AvgIpc) is 3.07. The van der Waals surface area contributed by atoms with Crippen molar-refractivity contribution < 1.29 is 0 Å². The number of nitrogens with two attached hydrogens (primary N) is 1. The van der Waals surface area contributed by atoms with Crippen LogP contribution in [0.15, 0.2) is 23.5 Å². The second-order valence-corrected chi connectivity index (χ2v) is 6.77. The maximum Gasteiger partial charge on any atom is 0.225 e. The molecule has 2 N–H and O–H groups in total. The minimum atomic E-state index is 0. The van der Waals surface area contributed by atoms with Crippen LogP contribution in [-0.2, 0) is 0 Å². The molecule has 8 heteroatoms. The molecule has 2 aliphatic rings. The molecule has 22 heavy (non-hydrogen) atoms. The van der Waals surface area contributed by atoms with Gasteiger partial charge in [0.15, 0.2) is 5.96 Å². The number of halogens is 1. The van der Waals surface area contributed by atoms with E-state index in [0.29, 0.717) is 11.2 Å². The quantitative estimate of drug-likeness (QED) is 0.441. The molecule has 2 fully saturated rings. The van der Waals surface area contributed by atoms with Gasteiger partial charge >= 0.3 is 0 Å². The summed E-state index contributed by atoms with van der Waals surface area (Å²) in [7, 11) is 0. The molecule has 0 bridgehead atoms. The normalized spacial score (nSPS) is 22.5. The monoisotopic (exact) mass is 434 g/mol. The molecule has 0 aromatic carbocycles. The number of nitrogens with zero attached hydrogens (tertiary/aromatic N) is 5. The number of thioether (sulfide) groups is 1. The Morgan fingerprint density at radius 1 is 1.27 bits per heavy atom. The number of hydrogen-bond donors (Lipinski definition) is 1. The molecule has 1 aromatic heterocycles. The van der Waals surface area contributed by atoms with Crippen molar-refractivity contribution in [2.45, 2.75) is 18.1 Å². The lowest BCUT2D eigenvalue weighted by molar-refractivity contribution is 0.378. The molecular formula is C14H23IN6S. The Balaban J connectivity index is 0.00000176. The van der Waals surface area contributed by atoms with Crippen LogP contribution >= 0.6 is 35.7 Å². The Bertz CT molecular complexity index is 471. The van der Waals surface area contributed by atoms with Crippen LogP contribution in [0, 0.1) is 0 Å². The van der Waals surface area contributed by atoms with Gasteiger partial charge in [0, 0.05) is 43.8 Å². The van der Waals surface area contributed by atoms with E-state index in [9.17, 15) is 0 Å². The number of aromatic nitrogens is 2. The summed E-state index contributed by atoms with van der Waals surface area (Å²) in [6, 6.07) is 1.84. The highest BCUT2D eigenvalue weighted by molar-refractivity contribution is 14.0. The summed E-state index contributed by atoms with van der Waals surface area (Å²) in [6.07, 6.45) is 6.16. The van der Waals surface area contributed by atoms with Gasteiger partial charge in [-0.2, -0.15) is 11.8 Å². The van der Waals surface area contributed by atoms with E-state index in [4.69, 9.17) is 5.73 Å². The number of guanidine groups is 1. The van der Waals surface area contributed by atoms with Crippen molar-refractivity contribution in [1.82, 2.24) is 14.9 Å². The molecule has 0 radical (unpaired) electrons. The van der Waals surface area contributed by atoms with E-state index < -0.39 is 0 Å². The van der Waals surface area contributed by atoms with Gasteiger partial charge < -0.3 is 15.5 Å². The van der Waals surface area contributed by atoms with Gasteiger partial charge in [0.1, 0.15) is 0 Å². The van der Waals surface area contributed by atoms with Crippen molar-refractivity contribution in [2.24, 2.45) is 10.7 Å². The highest BCUT2D eigenvalue weighted by atomic mass is 127. The fraction of sp³-hybridized carbons (Fsp3) is 0.643. The topological polar surface area (TPSA) is 70.6 Å². The number of anilines is 1. The van der Waals surface area contributed by atoms with Crippen LogP contribution in [0.3, 0.4) is 0 Å². The highest BCUT2D eigenvalue weighted by Gasteiger charge is 2.20. The molecular weight excluding hydrogens is 411 g/mol. The molecule has 1 unspecified atom stereocenters. The molecule has 2 saturated heterocycles. The smallest absolute Gasteiger partial charge is 0.225 e. The third kappa shape index (κ3) is 4.61. The van der Waals surface area contributed by atoms with E-state index in [1.54, 1.807) is 12.4 Å². The zero-order chi connectivity index (χ0) is 14.5. The van der Waals surface area contributed by atoms with Crippen molar-refractivity contribution in [3.8, 4) is 0 Å². The van der Waals surface area contributed by atoms with Crippen molar-refractivity contribution in [3.63, 3.8) is 0 Å². The van der Waals surface area contributed by atoms with E-state index in [-0.39, 0.29) is 24.0 Å². The molecule has 3 heterocycles. The van der Waals surface area contributed by atoms with E-state index in [1.165, 1.54) is 18.6 Å². The summed E-state index contributed by atoms with van der Waals surface area (Å²) in [5.74, 6) is 2.77. The minimum absolute atomic E-state index is 0. The SMILES string of the molecule is I.NC(=NCC1CCCS1)N1CCN(c2ncccn2)CC1. The average molecular weight is 434 g/mol. The summed E-state index contributed by atoms with van der Waals surface area (Å²) in [4.78, 5) is 17.5. The van der Waals surface area contributed by atoms with Crippen molar-refractivity contribution in [2.75, 3.05) is 43.4 Å². The number of hydrogen-bond acceptors (Lipinski definition) is 5. The molecule has 0 aliphatic carbocycles. The predicted octanol–water partition coefficient (Wildman–Crippen LogP) is 1.43. The zero-order valence-electron chi connectivity index (χ0n) is 12.6. The largest absolute Gasteiger partial charge is 0.370 e. The summed E-state index contributed by atoms with van der Waals surface area (Å²) in [5, 5.41) is 0.669. The van der Waals surface area contributed by atoms with Crippen molar-refractivity contribution >= 4 is 47.6 Å². The van der Waals surface area contributed by atoms with Crippen LogP contribution in [0.2, 0.25) is 0 Å². The van der Waals surface area contributed by atoms with Gasteiger partial charge in [-0.25, -0.2) is 9.97 Å². The second-order valence-electron chi connectivity index (χ2n) is 5.36. The van der Waals surface area contributed by atoms with Crippen LogP contribution in [0.1, 0.15) is 12.8 Å². The zero-order valence-corrected chi connectivity index (χ0v) is 15.7. The molecule has 1 atom stereocenters. The second kappa shape index (κ2) is 8.76. The maximum absolute atomic E-state index is 6.13. The standard InChI is InChI=1S/C14H22N6S.HI/c15-13(18-11-12-3-1-10-21-12)19-6-8-20(9-7-19)14-16-4-2-5-17-14;/h2,4-5,12H,1,3,6-11H2,(H2,15,18);1H. The fourth-order valence-electron chi connectivity index (χ4n) is 2.67. The van der Waals surface area contributed by atoms with E-state index in [0.717, 1.165) is 38.7 Å². The highest BCUT2D eigenvalue weighted by Crippen LogP contribution is 2.26. The summed E-state index contributed by atoms with van der Waals surface area (Å²) >= 11 is 2.02. The van der Waals surface area contributed by atoms with Gasteiger partial charge in [0.05, 0.1) is 6.54 Å².